The molecule has 0 fully saturated rings. The standard InChI is InChI=1S/C19H15N/c1-2-15-5-3-6-18(13-15)16-8-10-17(11-9-16)19-7-4-12-20-14-19/h2-14H,1H2. The Kier molecular flexibility index (Phi) is 3.42. The smallest absolute Gasteiger partial charge is 0.0346 e. The highest BCUT2D eigenvalue weighted by molar-refractivity contribution is 5.71. The third-order valence-electron chi connectivity index (χ3n) is 3.34. The molecule has 0 radical (unpaired) electrons. The lowest BCUT2D eigenvalue weighted by Gasteiger charge is -2.05. The van der Waals surface area contributed by atoms with E-state index in [1.807, 2.05) is 18.3 Å². The molecule has 1 heterocycles. The predicted molar refractivity (Wildman–Crippen MR) is 85.2 cm³/mol. The molecule has 2 aromatic carbocycles. The van der Waals surface area contributed by atoms with Gasteiger partial charge in [0.25, 0.3) is 0 Å². The number of rotatable bonds is 3. The highest BCUT2D eigenvalue weighted by Crippen LogP contribution is 2.25. The number of benzene rings is 2. The summed E-state index contributed by atoms with van der Waals surface area (Å²) in [6.45, 7) is 3.81. The summed E-state index contributed by atoms with van der Waals surface area (Å²) in [6.07, 6.45) is 5.54. The van der Waals surface area contributed by atoms with Gasteiger partial charge in [0, 0.05) is 12.4 Å². The summed E-state index contributed by atoms with van der Waals surface area (Å²) in [6, 6.07) is 21.0. The molecule has 1 heteroatoms. The minimum atomic E-state index is 1.14. The van der Waals surface area contributed by atoms with Crippen LogP contribution in [-0.4, -0.2) is 4.98 Å². The lowest BCUT2D eigenvalue weighted by Crippen LogP contribution is -1.82. The third-order valence-corrected chi connectivity index (χ3v) is 3.34. The van der Waals surface area contributed by atoms with E-state index in [0.717, 1.165) is 11.1 Å². The van der Waals surface area contributed by atoms with Gasteiger partial charge < -0.3 is 0 Å². The highest BCUT2D eigenvalue weighted by Gasteiger charge is 2.00. The lowest BCUT2D eigenvalue weighted by atomic mass is 10.00. The molecule has 0 aliphatic carbocycles. The zero-order chi connectivity index (χ0) is 13.8. The normalized spacial score (nSPS) is 10.2. The summed E-state index contributed by atoms with van der Waals surface area (Å²) in [5, 5.41) is 0. The van der Waals surface area contributed by atoms with Gasteiger partial charge in [0.1, 0.15) is 0 Å². The Bertz CT molecular complexity index is 712. The molecule has 1 nitrogen and oxygen atoms in total. The first-order chi connectivity index (χ1) is 9.86. The van der Waals surface area contributed by atoms with Crippen molar-refractivity contribution in [2.45, 2.75) is 0 Å². The van der Waals surface area contributed by atoms with E-state index in [-0.39, 0.29) is 0 Å². The molecule has 0 amide bonds. The fourth-order valence-electron chi connectivity index (χ4n) is 2.23. The Hall–Kier alpha value is -2.67. The molecule has 0 atom stereocenters. The Morgan fingerprint density at radius 1 is 0.750 bits per heavy atom. The SMILES string of the molecule is C=Cc1cccc(-c2ccc(-c3cccnc3)cc2)c1. The zero-order valence-electron chi connectivity index (χ0n) is 11.2. The molecular formula is C19H15N. The first kappa shape index (κ1) is 12.4. The van der Waals surface area contributed by atoms with E-state index in [1.165, 1.54) is 16.7 Å². The Morgan fingerprint density at radius 3 is 2.10 bits per heavy atom. The van der Waals surface area contributed by atoms with Gasteiger partial charge in [0.05, 0.1) is 0 Å². The van der Waals surface area contributed by atoms with Crippen molar-refractivity contribution < 1.29 is 0 Å². The molecule has 0 unspecified atom stereocenters. The average Bonchev–Trinajstić information content (AvgIpc) is 2.56. The van der Waals surface area contributed by atoms with E-state index in [4.69, 9.17) is 0 Å². The summed E-state index contributed by atoms with van der Waals surface area (Å²) in [4.78, 5) is 4.15. The molecule has 1 aromatic heterocycles. The second-order valence-corrected chi connectivity index (χ2v) is 4.65. The first-order valence-electron chi connectivity index (χ1n) is 6.60. The number of nitrogens with zero attached hydrogens (tertiary/aromatic N) is 1. The number of aromatic nitrogens is 1. The predicted octanol–water partition coefficient (Wildman–Crippen LogP) is 5.06. The van der Waals surface area contributed by atoms with Crippen molar-refractivity contribution in [1.82, 2.24) is 4.98 Å². The van der Waals surface area contributed by atoms with Crippen LogP contribution in [0, 0.1) is 0 Å². The van der Waals surface area contributed by atoms with Gasteiger partial charge in [-0.3, -0.25) is 4.98 Å². The molecule has 3 aromatic rings. The maximum absolute atomic E-state index is 4.15. The van der Waals surface area contributed by atoms with Crippen molar-refractivity contribution in [3.63, 3.8) is 0 Å². The molecule has 3 rings (SSSR count). The van der Waals surface area contributed by atoms with E-state index in [1.54, 1.807) is 6.20 Å². The Morgan fingerprint density at radius 2 is 1.45 bits per heavy atom. The van der Waals surface area contributed by atoms with E-state index < -0.39 is 0 Å². The second-order valence-electron chi connectivity index (χ2n) is 4.65. The maximum Gasteiger partial charge on any atom is 0.0346 e. The molecule has 0 bridgehead atoms. The molecule has 20 heavy (non-hydrogen) atoms. The quantitative estimate of drug-likeness (QED) is 0.639. The Balaban J connectivity index is 1.95. The van der Waals surface area contributed by atoms with Crippen LogP contribution in [0.2, 0.25) is 0 Å². The van der Waals surface area contributed by atoms with E-state index >= 15 is 0 Å². The van der Waals surface area contributed by atoms with Crippen LogP contribution in [0.5, 0.6) is 0 Å². The summed E-state index contributed by atoms with van der Waals surface area (Å²) in [5.74, 6) is 0. The van der Waals surface area contributed by atoms with Crippen molar-refractivity contribution in [3.8, 4) is 22.3 Å². The van der Waals surface area contributed by atoms with E-state index in [9.17, 15) is 0 Å². The van der Waals surface area contributed by atoms with Crippen molar-refractivity contribution in [3.05, 3.63) is 85.2 Å². The van der Waals surface area contributed by atoms with Gasteiger partial charge in [0.2, 0.25) is 0 Å². The van der Waals surface area contributed by atoms with Gasteiger partial charge >= 0.3 is 0 Å². The largest absolute Gasteiger partial charge is 0.264 e. The monoisotopic (exact) mass is 257 g/mol. The molecule has 96 valence electrons. The molecule has 0 saturated heterocycles. The molecule has 0 aliphatic heterocycles. The van der Waals surface area contributed by atoms with E-state index in [2.05, 4.69) is 66.2 Å². The summed E-state index contributed by atoms with van der Waals surface area (Å²) >= 11 is 0. The van der Waals surface area contributed by atoms with Crippen LogP contribution in [0.3, 0.4) is 0 Å². The van der Waals surface area contributed by atoms with Crippen LogP contribution in [0.1, 0.15) is 5.56 Å². The fraction of sp³-hybridized carbons (Fsp3) is 0. The topological polar surface area (TPSA) is 12.9 Å². The van der Waals surface area contributed by atoms with Gasteiger partial charge in [-0.1, -0.05) is 61.2 Å². The van der Waals surface area contributed by atoms with Crippen molar-refractivity contribution in [2.75, 3.05) is 0 Å². The van der Waals surface area contributed by atoms with Gasteiger partial charge in [-0.05, 0) is 39.9 Å². The van der Waals surface area contributed by atoms with Crippen LogP contribution in [-0.2, 0) is 0 Å². The average molecular weight is 257 g/mol. The number of hydrogen-bond donors (Lipinski definition) is 0. The maximum atomic E-state index is 4.15. The minimum absolute atomic E-state index is 1.14. The second kappa shape index (κ2) is 5.54. The van der Waals surface area contributed by atoms with Crippen molar-refractivity contribution in [2.24, 2.45) is 0 Å². The Labute approximate surface area is 119 Å². The van der Waals surface area contributed by atoms with Crippen LogP contribution in [0.4, 0.5) is 0 Å². The van der Waals surface area contributed by atoms with Crippen molar-refractivity contribution >= 4 is 6.08 Å². The van der Waals surface area contributed by atoms with Gasteiger partial charge in [-0.15, -0.1) is 0 Å². The third kappa shape index (κ3) is 2.52. The summed E-state index contributed by atoms with van der Waals surface area (Å²) in [7, 11) is 0. The minimum Gasteiger partial charge on any atom is -0.264 e. The van der Waals surface area contributed by atoms with Crippen LogP contribution < -0.4 is 0 Å². The zero-order valence-corrected chi connectivity index (χ0v) is 11.2. The van der Waals surface area contributed by atoms with Crippen LogP contribution >= 0.6 is 0 Å². The van der Waals surface area contributed by atoms with E-state index in [0.29, 0.717) is 0 Å². The first-order valence-corrected chi connectivity index (χ1v) is 6.60. The van der Waals surface area contributed by atoms with Crippen molar-refractivity contribution in [1.29, 1.82) is 0 Å². The molecule has 0 saturated carbocycles. The lowest BCUT2D eigenvalue weighted by molar-refractivity contribution is 1.33. The highest BCUT2D eigenvalue weighted by atomic mass is 14.6. The van der Waals surface area contributed by atoms with Gasteiger partial charge in [0.15, 0.2) is 0 Å². The molecule has 0 aliphatic rings. The molecule has 0 N–H and O–H groups in total. The molecule has 0 spiro atoms. The number of pyridine rings is 1. The summed E-state index contributed by atoms with van der Waals surface area (Å²) < 4.78 is 0. The fourth-order valence-corrected chi connectivity index (χ4v) is 2.23. The number of hydrogen-bond acceptors (Lipinski definition) is 1. The van der Waals surface area contributed by atoms with Gasteiger partial charge in [-0.2, -0.15) is 0 Å². The van der Waals surface area contributed by atoms with Crippen LogP contribution in [0.25, 0.3) is 28.3 Å². The van der Waals surface area contributed by atoms with Crippen LogP contribution in [0.15, 0.2) is 79.6 Å². The molecular weight excluding hydrogens is 242 g/mol. The summed E-state index contributed by atoms with van der Waals surface area (Å²) in [5.41, 5.74) is 5.88. The van der Waals surface area contributed by atoms with Gasteiger partial charge in [-0.25, -0.2) is 0 Å².